The van der Waals surface area contributed by atoms with E-state index in [1.807, 2.05) is 6.07 Å². The molecule has 0 unspecified atom stereocenters. The summed E-state index contributed by atoms with van der Waals surface area (Å²) < 4.78 is 0. The number of rotatable bonds is 5. The molecule has 0 aliphatic rings. The van der Waals surface area contributed by atoms with E-state index in [2.05, 4.69) is 158 Å². The van der Waals surface area contributed by atoms with Crippen molar-refractivity contribution in [2.75, 3.05) is 0 Å². The Morgan fingerprint density at radius 2 is 0.614 bits per heavy atom. The van der Waals surface area contributed by atoms with Gasteiger partial charge in [0, 0.05) is 16.7 Å². The Bertz CT molecular complexity index is 2170. The van der Waals surface area contributed by atoms with E-state index in [1.54, 1.807) is 0 Å². The number of nitrogens with zero attached hydrogens (tertiary/aromatic N) is 3. The lowest BCUT2D eigenvalue weighted by molar-refractivity contribution is 1.08. The highest BCUT2D eigenvalue weighted by atomic mass is 15.0. The van der Waals surface area contributed by atoms with Crippen molar-refractivity contribution in [3.8, 4) is 56.4 Å². The van der Waals surface area contributed by atoms with Crippen molar-refractivity contribution in [2.45, 2.75) is 0 Å². The molecule has 0 aliphatic carbocycles. The van der Waals surface area contributed by atoms with Crippen LogP contribution >= 0.6 is 0 Å². The Hall–Kier alpha value is -5.93. The van der Waals surface area contributed by atoms with Crippen LogP contribution in [-0.2, 0) is 0 Å². The lowest BCUT2D eigenvalue weighted by Crippen LogP contribution is -2.00. The summed E-state index contributed by atoms with van der Waals surface area (Å²) in [5.74, 6) is 1.96. The van der Waals surface area contributed by atoms with Gasteiger partial charge in [0.25, 0.3) is 0 Å². The molecule has 3 nitrogen and oxygen atoms in total. The minimum atomic E-state index is 0.649. The Morgan fingerprint density at radius 1 is 0.227 bits per heavy atom. The fourth-order valence-corrected chi connectivity index (χ4v) is 5.74. The lowest BCUT2D eigenvalue weighted by Gasteiger charge is -2.11. The Labute approximate surface area is 256 Å². The first-order valence-electron chi connectivity index (χ1n) is 14.8. The minimum absolute atomic E-state index is 0.649. The average Bonchev–Trinajstić information content (AvgIpc) is 3.11. The lowest BCUT2D eigenvalue weighted by atomic mass is 9.98. The first kappa shape index (κ1) is 25.8. The van der Waals surface area contributed by atoms with Gasteiger partial charge in [0.2, 0.25) is 0 Å². The van der Waals surface area contributed by atoms with Crippen molar-refractivity contribution >= 4 is 21.5 Å². The zero-order valence-electron chi connectivity index (χ0n) is 23.9. The molecule has 0 spiro atoms. The fraction of sp³-hybridized carbons (Fsp3) is 0. The molecule has 206 valence electrons. The van der Waals surface area contributed by atoms with Gasteiger partial charge in [0.15, 0.2) is 17.5 Å². The normalized spacial score (nSPS) is 11.2. The summed E-state index contributed by atoms with van der Waals surface area (Å²) in [6.07, 6.45) is 0. The van der Waals surface area contributed by atoms with Gasteiger partial charge in [0.1, 0.15) is 0 Å². The number of fused-ring (bicyclic) bond motifs is 2. The predicted molar refractivity (Wildman–Crippen MR) is 182 cm³/mol. The summed E-state index contributed by atoms with van der Waals surface area (Å²) in [6, 6.07) is 57.1. The summed E-state index contributed by atoms with van der Waals surface area (Å²) in [5.41, 5.74) is 7.59. The summed E-state index contributed by atoms with van der Waals surface area (Å²) in [7, 11) is 0. The molecule has 0 aliphatic heterocycles. The summed E-state index contributed by atoms with van der Waals surface area (Å²) in [4.78, 5) is 15.0. The summed E-state index contributed by atoms with van der Waals surface area (Å²) in [6.45, 7) is 0. The number of hydrogen-bond donors (Lipinski definition) is 0. The molecule has 0 saturated carbocycles. The third kappa shape index (κ3) is 5.01. The van der Waals surface area contributed by atoms with Crippen molar-refractivity contribution in [2.24, 2.45) is 0 Å². The summed E-state index contributed by atoms with van der Waals surface area (Å²) >= 11 is 0. The van der Waals surface area contributed by atoms with Crippen molar-refractivity contribution < 1.29 is 0 Å². The van der Waals surface area contributed by atoms with Crippen LogP contribution < -0.4 is 0 Å². The molecule has 0 saturated heterocycles. The van der Waals surface area contributed by atoms with E-state index >= 15 is 0 Å². The molecule has 0 radical (unpaired) electrons. The Balaban J connectivity index is 1.22. The Kier molecular flexibility index (Phi) is 6.47. The molecule has 8 rings (SSSR count). The van der Waals surface area contributed by atoms with Gasteiger partial charge in [-0.25, -0.2) is 15.0 Å². The predicted octanol–water partition coefficient (Wildman–Crippen LogP) is 10.5. The topological polar surface area (TPSA) is 38.7 Å². The van der Waals surface area contributed by atoms with E-state index < -0.39 is 0 Å². The minimum Gasteiger partial charge on any atom is -0.208 e. The number of benzene rings is 7. The molecule has 3 heteroatoms. The smallest absolute Gasteiger partial charge is 0.164 e. The maximum absolute atomic E-state index is 5.00. The van der Waals surface area contributed by atoms with Crippen molar-refractivity contribution in [1.82, 2.24) is 15.0 Å². The average molecular weight is 562 g/mol. The highest BCUT2D eigenvalue weighted by Gasteiger charge is 2.14. The van der Waals surface area contributed by atoms with Gasteiger partial charge in [-0.15, -0.1) is 0 Å². The second-order valence-corrected chi connectivity index (χ2v) is 11.0. The first-order chi connectivity index (χ1) is 21.8. The molecule has 7 aromatic carbocycles. The maximum Gasteiger partial charge on any atom is 0.164 e. The van der Waals surface area contributed by atoms with Crippen molar-refractivity contribution in [3.05, 3.63) is 164 Å². The molecule has 44 heavy (non-hydrogen) atoms. The largest absolute Gasteiger partial charge is 0.208 e. The molecule has 1 aromatic heterocycles. The van der Waals surface area contributed by atoms with Gasteiger partial charge >= 0.3 is 0 Å². The number of hydrogen-bond acceptors (Lipinski definition) is 3. The van der Waals surface area contributed by atoms with E-state index in [0.717, 1.165) is 33.0 Å². The molecule has 0 amide bonds. The number of aromatic nitrogens is 3. The molecule has 0 atom stereocenters. The van der Waals surface area contributed by atoms with E-state index in [1.165, 1.54) is 27.5 Å². The highest BCUT2D eigenvalue weighted by molar-refractivity contribution is 5.88. The SMILES string of the molecule is c1ccc(-c2cccc(-c3ccc(-c4nc(-c5ccc6ccccc6c5)nc(-c5ccc6ccccc6c5)n4)cc3)c2)cc1. The molecule has 8 aromatic rings. The highest BCUT2D eigenvalue weighted by Crippen LogP contribution is 2.31. The van der Waals surface area contributed by atoms with Crippen molar-refractivity contribution in [1.29, 1.82) is 0 Å². The van der Waals surface area contributed by atoms with Gasteiger partial charge < -0.3 is 0 Å². The van der Waals surface area contributed by atoms with Crippen LogP contribution in [0.15, 0.2) is 164 Å². The second kappa shape index (κ2) is 11.0. The maximum atomic E-state index is 5.00. The second-order valence-electron chi connectivity index (χ2n) is 11.0. The van der Waals surface area contributed by atoms with Crippen LogP contribution in [0.25, 0.3) is 78.0 Å². The monoisotopic (exact) mass is 561 g/mol. The fourth-order valence-electron chi connectivity index (χ4n) is 5.74. The Morgan fingerprint density at radius 3 is 1.16 bits per heavy atom. The summed E-state index contributed by atoms with van der Waals surface area (Å²) in [5, 5.41) is 4.68. The standard InChI is InChI=1S/C41H27N3/c1-2-9-28(10-3-1)35-15-8-16-36(25-35)31-17-21-32(22-18-31)39-42-40(37-23-19-29-11-4-6-13-33(29)26-37)44-41(43-39)38-24-20-30-12-5-7-14-34(30)27-38/h1-27H. The molecule has 0 N–H and O–H groups in total. The van der Waals surface area contributed by atoms with E-state index in [4.69, 9.17) is 15.0 Å². The van der Waals surface area contributed by atoms with Crippen LogP contribution in [0.5, 0.6) is 0 Å². The third-order valence-electron chi connectivity index (χ3n) is 8.10. The zero-order chi connectivity index (χ0) is 29.3. The molecule has 0 fully saturated rings. The quantitative estimate of drug-likeness (QED) is 0.210. The van der Waals surface area contributed by atoms with Gasteiger partial charge in [-0.05, 0) is 62.0 Å². The third-order valence-corrected chi connectivity index (χ3v) is 8.10. The van der Waals surface area contributed by atoms with Gasteiger partial charge in [-0.2, -0.15) is 0 Å². The van der Waals surface area contributed by atoms with Crippen LogP contribution in [0.1, 0.15) is 0 Å². The van der Waals surface area contributed by atoms with Gasteiger partial charge in [-0.1, -0.05) is 146 Å². The van der Waals surface area contributed by atoms with Crippen molar-refractivity contribution in [3.63, 3.8) is 0 Å². The first-order valence-corrected chi connectivity index (χ1v) is 14.8. The van der Waals surface area contributed by atoms with Crippen LogP contribution in [0.4, 0.5) is 0 Å². The van der Waals surface area contributed by atoms with E-state index in [0.29, 0.717) is 17.5 Å². The van der Waals surface area contributed by atoms with Crippen LogP contribution in [0.3, 0.4) is 0 Å². The van der Waals surface area contributed by atoms with Crippen LogP contribution in [0, 0.1) is 0 Å². The molecular formula is C41H27N3. The van der Waals surface area contributed by atoms with Gasteiger partial charge in [0.05, 0.1) is 0 Å². The molecule has 1 heterocycles. The van der Waals surface area contributed by atoms with E-state index in [9.17, 15) is 0 Å². The van der Waals surface area contributed by atoms with Gasteiger partial charge in [-0.3, -0.25) is 0 Å². The van der Waals surface area contributed by atoms with Crippen LogP contribution in [0.2, 0.25) is 0 Å². The molecule has 0 bridgehead atoms. The van der Waals surface area contributed by atoms with Crippen LogP contribution in [-0.4, -0.2) is 15.0 Å². The van der Waals surface area contributed by atoms with E-state index in [-0.39, 0.29) is 0 Å². The molecular weight excluding hydrogens is 534 g/mol. The zero-order valence-corrected chi connectivity index (χ0v) is 23.9.